The molecule has 2 N–H and O–H groups in total. The molecule has 0 aromatic carbocycles. The molecule has 88 valence electrons. The van der Waals surface area contributed by atoms with Crippen molar-refractivity contribution in [3.63, 3.8) is 0 Å². The molecule has 1 rings (SSSR count). The third-order valence-corrected chi connectivity index (χ3v) is 2.69. The largest absolute Gasteiger partial charge is 0.384 e. The van der Waals surface area contributed by atoms with Crippen LogP contribution < -0.4 is 10.6 Å². The van der Waals surface area contributed by atoms with Gasteiger partial charge in [-0.05, 0) is 25.3 Å². The van der Waals surface area contributed by atoms with Crippen molar-refractivity contribution < 1.29 is 9.53 Å². The van der Waals surface area contributed by atoms with E-state index in [9.17, 15) is 4.79 Å². The average molecular weight is 214 g/mol. The molecule has 4 nitrogen and oxygen atoms in total. The summed E-state index contributed by atoms with van der Waals surface area (Å²) in [6, 6.07) is 0.391. The Bertz CT molecular complexity index is 191. The van der Waals surface area contributed by atoms with Crippen molar-refractivity contribution in [3.05, 3.63) is 0 Å². The van der Waals surface area contributed by atoms with Crippen LogP contribution in [0.2, 0.25) is 0 Å². The van der Waals surface area contributed by atoms with Crippen LogP contribution in [0.4, 0.5) is 0 Å². The maximum absolute atomic E-state index is 11.5. The fraction of sp³-hybridized carbons (Fsp3) is 0.909. The van der Waals surface area contributed by atoms with Crippen LogP contribution in [0.5, 0.6) is 0 Å². The number of rotatable bonds is 6. The molecular weight excluding hydrogens is 192 g/mol. The van der Waals surface area contributed by atoms with Gasteiger partial charge in [0.05, 0.1) is 6.61 Å². The van der Waals surface area contributed by atoms with Crippen LogP contribution in [0.25, 0.3) is 0 Å². The number of amides is 1. The molecule has 1 aliphatic rings. The summed E-state index contributed by atoms with van der Waals surface area (Å²) in [4.78, 5) is 11.5. The number of hydrogen-bond acceptors (Lipinski definition) is 3. The third-order valence-electron chi connectivity index (χ3n) is 2.69. The van der Waals surface area contributed by atoms with Gasteiger partial charge in [0, 0.05) is 26.1 Å². The Hall–Kier alpha value is -0.610. The standard InChI is InChI=1S/C11H22N2O2/c1-9(8-15-2)7-13-11(14)6-10-4-3-5-12-10/h9-10,12H,3-8H2,1-2H3,(H,13,14). The minimum absolute atomic E-state index is 0.150. The fourth-order valence-corrected chi connectivity index (χ4v) is 1.86. The first-order chi connectivity index (χ1) is 7.22. The summed E-state index contributed by atoms with van der Waals surface area (Å²) in [5.74, 6) is 0.535. The lowest BCUT2D eigenvalue weighted by molar-refractivity contribution is -0.121. The van der Waals surface area contributed by atoms with Crippen LogP contribution >= 0.6 is 0 Å². The van der Waals surface area contributed by atoms with E-state index in [-0.39, 0.29) is 5.91 Å². The van der Waals surface area contributed by atoms with Gasteiger partial charge in [0.15, 0.2) is 0 Å². The van der Waals surface area contributed by atoms with Gasteiger partial charge in [-0.2, -0.15) is 0 Å². The summed E-state index contributed by atoms with van der Waals surface area (Å²) in [6.07, 6.45) is 2.93. The molecular formula is C11H22N2O2. The first kappa shape index (κ1) is 12.5. The highest BCUT2D eigenvalue weighted by Gasteiger charge is 2.17. The van der Waals surface area contributed by atoms with E-state index in [4.69, 9.17) is 4.74 Å². The normalized spacial score (nSPS) is 22.7. The number of hydrogen-bond donors (Lipinski definition) is 2. The molecule has 1 heterocycles. The lowest BCUT2D eigenvalue weighted by Gasteiger charge is -2.13. The van der Waals surface area contributed by atoms with E-state index in [1.54, 1.807) is 7.11 Å². The van der Waals surface area contributed by atoms with E-state index < -0.39 is 0 Å². The maximum Gasteiger partial charge on any atom is 0.221 e. The van der Waals surface area contributed by atoms with Gasteiger partial charge in [-0.25, -0.2) is 0 Å². The molecule has 0 radical (unpaired) electrons. The Labute approximate surface area is 91.8 Å². The van der Waals surface area contributed by atoms with Crippen molar-refractivity contribution in [2.45, 2.75) is 32.2 Å². The van der Waals surface area contributed by atoms with Crippen molar-refractivity contribution in [3.8, 4) is 0 Å². The summed E-state index contributed by atoms with van der Waals surface area (Å²) in [6.45, 7) is 4.52. The zero-order valence-corrected chi connectivity index (χ0v) is 9.71. The first-order valence-electron chi connectivity index (χ1n) is 5.71. The second-order valence-corrected chi connectivity index (χ2v) is 4.36. The van der Waals surface area contributed by atoms with Gasteiger partial charge in [-0.15, -0.1) is 0 Å². The van der Waals surface area contributed by atoms with Crippen LogP contribution in [0, 0.1) is 5.92 Å². The zero-order valence-electron chi connectivity index (χ0n) is 9.71. The zero-order chi connectivity index (χ0) is 11.1. The Morgan fingerprint density at radius 1 is 1.67 bits per heavy atom. The van der Waals surface area contributed by atoms with Crippen LogP contribution in [-0.4, -0.2) is 38.8 Å². The lowest BCUT2D eigenvalue weighted by Crippen LogP contribution is -2.34. The molecule has 0 bridgehead atoms. The number of ether oxygens (including phenoxy) is 1. The van der Waals surface area contributed by atoms with Gasteiger partial charge < -0.3 is 15.4 Å². The molecule has 0 aromatic rings. The van der Waals surface area contributed by atoms with Gasteiger partial charge in [-0.1, -0.05) is 6.92 Å². The SMILES string of the molecule is COCC(C)CNC(=O)CC1CCCN1. The van der Waals surface area contributed by atoms with E-state index in [1.807, 2.05) is 0 Å². The van der Waals surface area contributed by atoms with Gasteiger partial charge >= 0.3 is 0 Å². The lowest BCUT2D eigenvalue weighted by atomic mass is 10.1. The maximum atomic E-state index is 11.5. The molecule has 0 spiro atoms. The monoisotopic (exact) mass is 214 g/mol. The van der Waals surface area contributed by atoms with Gasteiger partial charge in [-0.3, -0.25) is 4.79 Å². The highest BCUT2D eigenvalue weighted by Crippen LogP contribution is 2.08. The van der Waals surface area contributed by atoms with E-state index in [0.29, 0.717) is 31.5 Å². The summed E-state index contributed by atoms with van der Waals surface area (Å²) in [5, 5.41) is 6.25. The highest BCUT2D eigenvalue weighted by atomic mass is 16.5. The molecule has 2 atom stereocenters. The Balaban J connectivity index is 2.07. The number of nitrogens with one attached hydrogen (secondary N) is 2. The predicted octanol–water partition coefficient (Wildman–Crippen LogP) is 0.527. The van der Waals surface area contributed by atoms with Crippen molar-refractivity contribution in [1.82, 2.24) is 10.6 Å². The Morgan fingerprint density at radius 3 is 3.07 bits per heavy atom. The van der Waals surface area contributed by atoms with E-state index >= 15 is 0 Å². The molecule has 0 saturated carbocycles. The van der Waals surface area contributed by atoms with Crippen molar-refractivity contribution in [2.75, 3.05) is 26.8 Å². The molecule has 0 aliphatic carbocycles. The van der Waals surface area contributed by atoms with Crippen LogP contribution in [0.3, 0.4) is 0 Å². The molecule has 1 aliphatic heterocycles. The van der Waals surface area contributed by atoms with E-state index in [1.165, 1.54) is 6.42 Å². The van der Waals surface area contributed by atoms with Gasteiger partial charge in [0.2, 0.25) is 5.91 Å². The van der Waals surface area contributed by atoms with Gasteiger partial charge in [0.1, 0.15) is 0 Å². The van der Waals surface area contributed by atoms with E-state index in [2.05, 4.69) is 17.6 Å². The number of carbonyl (C=O) groups is 1. The summed E-state index contributed by atoms with van der Waals surface area (Å²) in [7, 11) is 1.68. The van der Waals surface area contributed by atoms with Crippen LogP contribution in [0.1, 0.15) is 26.2 Å². The minimum Gasteiger partial charge on any atom is -0.384 e. The highest BCUT2D eigenvalue weighted by molar-refractivity contribution is 5.76. The number of carbonyl (C=O) groups excluding carboxylic acids is 1. The van der Waals surface area contributed by atoms with Crippen LogP contribution in [-0.2, 0) is 9.53 Å². The van der Waals surface area contributed by atoms with Crippen LogP contribution in [0.15, 0.2) is 0 Å². The predicted molar refractivity (Wildman–Crippen MR) is 59.7 cm³/mol. The molecule has 1 amide bonds. The minimum atomic E-state index is 0.150. The van der Waals surface area contributed by atoms with Gasteiger partial charge in [0.25, 0.3) is 0 Å². The van der Waals surface area contributed by atoms with Crippen molar-refractivity contribution in [2.24, 2.45) is 5.92 Å². The molecule has 1 fully saturated rings. The van der Waals surface area contributed by atoms with Crippen molar-refractivity contribution in [1.29, 1.82) is 0 Å². The summed E-state index contributed by atoms with van der Waals surface area (Å²) < 4.78 is 5.01. The quantitative estimate of drug-likeness (QED) is 0.678. The smallest absolute Gasteiger partial charge is 0.221 e. The third kappa shape index (κ3) is 5.14. The molecule has 2 unspecified atom stereocenters. The Morgan fingerprint density at radius 2 is 2.47 bits per heavy atom. The average Bonchev–Trinajstić information content (AvgIpc) is 2.68. The summed E-state index contributed by atoms with van der Waals surface area (Å²) >= 11 is 0. The molecule has 1 saturated heterocycles. The first-order valence-corrected chi connectivity index (χ1v) is 5.71. The summed E-state index contributed by atoms with van der Waals surface area (Å²) in [5.41, 5.74) is 0. The van der Waals surface area contributed by atoms with E-state index in [0.717, 1.165) is 13.0 Å². The molecule has 0 aromatic heterocycles. The molecule has 4 heteroatoms. The second kappa shape index (κ2) is 6.80. The number of methoxy groups -OCH3 is 1. The van der Waals surface area contributed by atoms with Crippen molar-refractivity contribution >= 4 is 5.91 Å². The Kier molecular flexibility index (Phi) is 5.65. The topological polar surface area (TPSA) is 50.4 Å². The second-order valence-electron chi connectivity index (χ2n) is 4.36. The molecule has 15 heavy (non-hydrogen) atoms. The fourth-order valence-electron chi connectivity index (χ4n) is 1.86.